The minimum atomic E-state index is -2.95. The van der Waals surface area contributed by atoms with Crippen molar-refractivity contribution in [3.8, 4) is 11.5 Å². The second-order valence-corrected chi connectivity index (χ2v) is 8.76. The van der Waals surface area contributed by atoms with Crippen LogP contribution in [0.4, 0.5) is 8.78 Å². The van der Waals surface area contributed by atoms with Crippen molar-refractivity contribution in [3.05, 3.63) is 87.6 Å². The Balaban J connectivity index is 1.73. The number of pyridine rings is 2. The smallest absolute Gasteiger partial charge is 0.387 e. The van der Waals surface area contributed by atoms with E-state index in [1.165, 1.54) is 12.1 Å². The van der Waals surface area contributed by atoms with Crippen molar-refractivity contribution >= 4 is 0 Å². The van der Waals surface area contributed by atoms with Gasteiger partial charge in [0.05, 0.1) is 11.8 Å². The Bertz CT molecular complexity index is 1130. The topological polar surface area (TPSA) is 84.4 Å². The fourth-order valence-electron chi connectivity index (χ4n) is 3.60. The first-order chi connectivity index (χ1) is 15.7. The fraction of sp³-hybridized carbons (Fsp3) is 0.360. The Hall–Kier alpha value is -3.26. The van der Waals surface area contributed by atoms with Crippen LogP contribution < -0.4 is 15.0 Å². The molecule has 8 heteroatoms. The lowest BCUT2D eigenvalue weighted by molar-refractivity contribution is -0.0516. The van der Waals surface area contributed by atoms with E-state index in [0.717, 1.165) is 29.5 Å². The van der Waals surface area contributed by atoms with E-state index in [-0.39, 0.29) is 29.1 Å². The van der Waals surface area contributed by atoms with E-state index in [2.05, 4.69) is 14.7 Å². The van der Waals surface area contributed by atoms with Gasteiger partial charge in [-0.25, -0.2) is 0 Å². The van der Waals surface area contributed by atoms with Crippen LogP contribution >= 0.6 is 0 Å². The summed E-state index contributed by atoms with van der Waals surface area (Å²) in [6.45, 7) is 0.374. The second-order valence-electron chi connectivity index (χ2n) is 8.76. The number of nitrogens with zero attached hydrogens (tertiary/aromatic N) is 1. The highest BCUT2D eigenvalue weighted by Gasteiger charge is 2.27. The van der Waals surface area contributed by atoms with Crippen LogP contribution in [-0.2, 0) is 12.0 Å². The number of benzene rings is 1. The predicted octanol–water partition coefficient (Wildman–Crippen LogP) is 4.51. The van der Waals surface area contributed by atoms with Gasteiger partial charge in [0, 0.05) is 24.4 Å². The molecule has 0 spiro atoms. The summed E-state index contributed by atoms with van der Waals surface area (Å²) >= 11 is 0. The molecule has 1 fully saturated rings. The third-order valence-corrected chi connectivity index (χ3v) is 5.51. The lowest BCUT2D eigenvalue weighted by Crippen LogP contribution is -2.18. The van der Waals surface area contributed by atoms with E-state index in [1.807, 2.05) is 6.07 Å². The second kappa shape index (κ2) is 9.31. The number of hydrogen-bond donors (Lipinski definition) is 2. The number of ether oxygens (including phenoxy) is 2. The number of aromatic nitrogens is 2. The van der Waals surface area contributed by atoms with Crippen molar-refractivity contribution < 1.29 is 23.4 Å². The maximum absolute atomic E-state index is 12.9. The summed E-state index contributed by atoms with van der Waals surface area (Å²) in [7, 11) is 0. The zero-order valence-electron chi connectivity index (χ0n) is 18.4. The van der Waals surface area contributed by atoms with Gasteiger partial charge in [-0.15, -0.1) is 0 Å². The van der Waals surface area contributed by atoms with Gasteiger partial charge in [0.2, 0.25) is 5.56 Å². The van der Waals surface area contributed by atoms with E-state index in [9.17, 15) is 18.7 Å². The molecule has 2 N–H and O–H groups in total. The zero-order valence-corrected chi connectivity index (χ0v) is 18.4. The molecule has 1 aliphatic carbocycles. The van der Waals surface area contributed by atoms with E-state index < -0.39 is 12.2 Å². The Morgan fingerprint density at radius 1 is 1.12 bits per heavy atom. The summed E-state index contributed by atoms with van der Waals surface area (Å²) in [6, 6.07) is 11.8. The Kier molecular flexibility index (Phi) is 6.47. The molecular weight excluding hydrogens is 430 g/mol. The third kappa shape index (κ3) is 5.96. The molecule has 2 aromatic heterocycles. The van der Waals surface area contributed by atoms with E-state index >= 15 is 0 Å². The van der Waals surface area contributed by atoms with Crippen LogP contribution in [0.5, 0.6) is 11.5 Å². The summed E-state index contributed by atoms with van der Waals surface area (Å²) in [5.41, 5.74) is 1.86. The molecule has 0 bridgehead atoms. The maximum atomic E-state index is 12.9. The van der Waals surface area contributed by atoms with E-state index in [0.29, 0.717) is 12.1 Å². The van der Waals surface area contributed by atoms with Crippen LogP contribution in [0.3, 0.4) is 0 Å². The van der Waals surface area contributed by atoms with Gasteiger partial charge in [0.1, 0.15) is 5.60 Å². The van der Waals surface area contributed by atoms with E-state index in [1.54, 1.807) is 50.5 Å². The van der Waals surface area contributed by atoms with Gasteiger partial charge in [-0.1, -0.05) is 18.2 Å². The summed E-state index contributed by atoms with van der Waals surface area (Å²) in [5.74, 6) is 0.0724. The molecule has 4 rings (SSSR count). The van der Waals surface area contributed by atoms with Crippen molar-refractivity contribution in [1.29, 1.82) is 0 Å². The Labute approximate surface area is 190 Å². The summed E-state index contributed by atoms with van der Waals surface area (Å²) in [4.78, 5) is 18.6. The average Bonchev–Trinajstić information content (AvgIpc) is 3.58. The first-order valence-electron chi connectivity index (χ1n) is 10.8. The molecule has 2 heterocycles. The number of rotatable bonds is 9. The molecule has 1 saturated carbocycles. The first-order valence-corrected chi connectivity index (χ1v) is 10.8. The number of alkyl halides is 2. The number of aliphatic hydroxyl groups is 1. The molecule has 0 radical (unpaired) electrons. The highest BCUT2D eigenvalue weighted by Crippen LogP contribution is 2.39. The largest absolute Gasteiger partial charge is 0.487 e. The quantitative estimate of drug-likeness (QED) is 0.495. The van der Waals surface area contributed by atoms with Crippen LogP contribution in [-0.4, -0.2) is 27.8 Å². The minimum Gasteiger partial charge on any atom is -0.487 e. The third-order valence-electron chi connectivity index (χ3n) is 5.51. The number of nitrogens with one attached hydrogen (secondary N) is 1. The number of halogens is 2. The SMILES string of the molecule is CC(C)(O)c1ccc([C@@H](Cc2ccc(=O)[nH]c2)c2ccc(OC(F)F)c(OC3CC3)c2)cn1. The molecule has 1 atom stereocenters. The summed E-state index contributed by atoms with van der Waals surface area (Å²) < 4.78 is 36.3. The molecule has 174 valence electrons. The highest BCUT2D eigenvalue weighted by atomic mass is 19.3. The molecule has 0 unspecified atom stereocenters. The molecular formula is C25H26F2N2O4. The van der Waals surface area contributed by atoms with Gasteiger partial charge < -0.3 is 19.6 Å². The predicted molar refractivity (Wildman–Crippen MR) is 119 cm³/mol. The van der Waals surface area contributed by atoms with Crippen molar-refractivity contribution in [2.24, 2.45) is 0 Å². The van der Waals surface area contributed by atoms with Crippen molar-refractivity contribution in [3.63, 3.8) is 0 Å². The van der Waals surface area contributed by atoms with Gasteiger partial charge in [0.25, 0.3) is 0 Å². The van der Waals surface area contributed by atoms with Crippen molar-refractivity contribution in [2.45, 2.75) is 57.3 Å². The lowest BCUT2D eigenvalue weighted by Gasteiger charge is -2.22. The van der Waals surface area contributed by atoms with Crippen molar-refractivity contribution in [2.75, 3.05) is 0 Å². The number of H-pyrrole nitrogens is 1. The van der Waals surface area contributed by atoms with Gasteiger partial charge in [-0.3, -0.25) is 9.78 Å². The molecule has 0 amide bonds. The standard InChI is InChI=1S/C25H26F2N2O4/c1-25(2,31)22-9-5-17(14-28-22)19(11-15-3-10-23(30)29-13-15)16-4-8-20(33-24(26)27)21(12-16)32-18-6-7-18/h3-5,8-10,12-14,18-19,24,31H,6-7,11H2,1-2H3,(H,29,30)/t19-/m0/s1. The molecule has 33 heavy (non-hydrogen) atoms. The molecule has 0 aliphatic heterocycles. The van der Waals surface area contributed by atoms with Gasteiger partial charge >= 0.3 is 6.61 Å². The molecule has 1 aliphatic rings. The monoisotopic (exact) mass is 456 g/mol. The summed E-state index contributed by atoms with van der Waals surface area (Å²) in [5, 5.41) is 10.2. The van der Waals surface area contributed by atoms with Crippen LogP contribution in [0.25, 0.3) is 0 Å². The number of aromatic amines is 1. The molecule has 0 saturated heterocycles. The van der Waals surface area contributed by atoms with Crippen LogP contribution in [0, 0.1) is 0 Å². The van der Waals surface area contributed by atoms with Crippen LogP contribution in [0.15, 0.2) is 59.7 Å². The maximum Gasteiger partial charge on any atom is 0.387 e. The van der Waals surface area contributed by atoms with Gasteiger partial charge in [-0.05, 0) is 68.0 Å². The van der Waals surface area contributed by atoms with Crippen LogP contribution in [0.2, 0.25) is 0 Å². The summed E-state index contributed by atoms with van der Waals surface area (Å²) in [6.07, 6.45) is 5.64. The minimum absolute atomic E-state index is 0.000978. The van der Waals surface area contributed by atoms with Crippen molar-refractivity contribution in [1.82, 2.24) is 9.97 Å². The normalized spacial score (nSPS) is 14.8. The number of hydrogen-bond acceptors (Lipinski definition) is 5. The van der Waals surface area contributed by atoms with Crippen LogP contribution in [0.1, 0.15) is 55.0 Å². The van der Waals surface area contributed by atoms with Gasteiger partial charge in [-0.2, -0.15) is 8.78 Å². The van der Waals surface area contributed by atoms with E-state index in [4.69, 9.17) is 4.74 Å². The fourth-order valence-corrected chi connectivity index (χ4v) is 3.60. The Morgan fingerprint density at radius 2 is 1.88 bits per heavy atom. The zero-order chi connectivity index (χ0) is 23.6. The Morgan fingerprint density at radius 3 is 2.45 bits per heavy atom. The first kappa shape index (κ1) is 22.9. The molecule has 1 aromatic carbocycles. The highest BCUT2D eigenvalue weighted by molar-refractivity contribution is 5.47. The van der Waals surface area contributed by atoms with Gasteiger partial charge in [0.15, 0.2) is 11.5 Å². The lowest BCUT2D eigenvalue weighted by atomic mass is 9.86. The molecule has 3 aromatic rings. The average molecular weight is 456 g/mol. The molecule has 6 nitrogen and oxygen atoms in total.